The van der Waals surface area contributed by atoms with Crippen molar-refractivity contribution in [2.24, 2.45) is 0 Å². The highest BCUT2D eigenvalue weighted by Crippen LogP contribution is 2.17. The van der Waals surface area contributed by atoms with Crippen LogP contribution in [0, 0.1) is 0 Å². The first kappa shape index (κ1) is 17.0. The maximum Gasteiger partial charge on any atom is 0.261 e. The van der Waals surface area contributed by atoms with Crippen LogP contribution >= 0.6 is 0 Å². The Morgan fingerprint density at radius 2 is 1.96 bits per heavy atom. The van der Waals surface area contributed by atoms with Gasteiger partial charge in [-0.1, -0.05) is 25.1 Å². The van der Waals surface area contributed by atoms with E-state index in [0.717, 1.165) is 16.7 Å². The molecule has 0 bridgehead atoms. The molecule has 2 aromatic heterocycles. The van der Waals surface area contributed by atoms with Crippen LogP contribution in [0.15, 0.2) is 59.5 Å². The number of aryl methyl sites for hydroxylation is 1. The van der Waals surface area contributed by atoms with Crippen LogP contribution in [-0.4, -0.2) is 27.0 Å². The van der Waals surface area contributed by atoms with E-state index in [0.29, 0.717) is 36.0 Å². The molecule has 136 valence electrons. The Morgan fingerprint density at radius 3 is 2.81 bits per heavy atom. The van der Waals surface area contributed by atoms with Crippen LogP contribution in [-0.2, 0) is 13.0 Å². The first-order valence-corrected chi connectivity index (χ1v) is 9.02. The van der Waals surface area contributed by atoms with E-state index in [-0.39, 0.29) is 11.5 Å². The Labute approximate surface area is 155 Å². The van der Waals surface area contributed by atoms with Crippen molar-refractivity contribution >= 4 is 27.7 Å². The fourth-order valence-electron chi connectivity index (χ4n) is 3.37. The van der Waals surface area contributed by atoms with Gasteiger partial charge in [-0.15, -0.1) is 0 Å². The predicted octanol–water partition coefficient (Wildman–Crippen LogP) is 2.87. The van der Waals surface area contributed by atoms with E-state index in [2.05, 4.69) is 15.3 Å². The van der Waals surface area contributed by atoms with Gasteiger partial charge < -0.3 is 10.3 Å². The molecule has 0 saturated carbocycles. The van der Waals surface area contributed by atoms with Crippen molar-refractivity contribution in [2.75, 3.05) is 6.54 Å². The summed E-state index contributed by atoms with van der Waals surface area (Å²) in [6.45, 7) is 2.71. The number of carbonyl (C=O) groups excluding carboxylic acids is 1. The molecular formula is C21H20N4O2. The number of aromatic amines is 1. The molecule has 4 rings (SSSR count). The molecule has 2 N–H and O–H groups in total. The van der Waals surface area contributed by atoms with Gasteiger partial charge in [-0.2, -0.15) is 0 Å². The van der Waals surface area contributed by atoms with Crippen molar-refractivity contribution in [2.45, 2.75) is 19.9 Å². The number of hydrogen-bond donors (Lipinski definition) is 2. The standard InChI is InChI=1S/C21H20N4O2/c1-2-19-24-18-8-4-3-6-16(18)21(27)25(19)13-12-23-20(26)15-7-5-9-17-14(15)10-11-22-17/h3-11,22H,2,12-13H2,1H3,(H,23,26). The molecule has 0 radical (unpaired) electrons. The average Bonchev–Trinajstić information content (AvgIpc) is 3.18. The van der Waals surface area contributed by atoms with Gasteiger partial charge in [0.05, 0.1) is 10.9 Å². The molecule has 2 aromatic carbocycles. The van der Waals surface area contributed by atoms with Crippen LogP contribution in [0.2, 0.25) is 0 Å². The predicted molar refractivity (Wildman–Crippen MR) is 106 cm³/mol. The summed E-state index contributed by atoms with van der Waals surface area (Å²) in [5.74, 6) is 0.570. The first-order chi connectivity index (χ1) is 13.2. The Hall–Kier alpha value is -3.41. The molecule has 0 unspecified atom stereocenters. The number of nitrogens with zero attached hydrogens (tertiary/aromatic N) is 2. The van der Waals surface area contributed by atoms with Gasteiger partial charge >= 0.3 is 0 Å². The molecule has 0 fully saturated rings. The minimum Gasteiger partial charge on any atom is -0.361 e. The van der Waals surface area contributed by atoms with Crippen molar-refractivity contribution < 1.29 is 4.79 Å². The molecule has 4 aromatic rings. The molecule has 0 atom stereocenters. The van der Waals surface area contributed by atoms with Gasteiger partial charge in [-0.05, 0) is 30.3 Å². The maximum absolute atomic E-state index is 12.8. The van der Waals surface area contributed by atoms with Gasteiger partial charge in [-0.3, -0.25) is 14.2 Å². The third-order valence-electron chi connectivity index (χ3n) is 4.72. The molecule has 0 saturated heterocycles. The summed E-state index contributed by atoms with van der Waals surface area (Å²) < 4.78 is 1.65. The normalized spacial score (nSPS) is 11.1. The number of rotatable bonds is 5. The number of para-hydroxylation sites is 1. The Morgan fingerprint density at radius 1 is 1.11 bits per heavy atom. The van der Waals surface area contributed by atoms with Gasteiger partial charge in [0, 0.05) is 42.2 Å². The summed E-state index contributed by atoms with van der Waals surface area (Å²) in [5.41, 5.74) is 2.18. The van der Waals surface area contributed by atoms with Gasteiger partial charge in [0.15, 0.2) is 0 Å². The SMILES string of the molecule is CCc1nc2ccccc2c(=O)n1CCNC(=O)c1cccc2[nH]ccc12. The quantitative estimate of drug-likeness (QED) is 0.574. The van der Waals surface area contributed by atoms with E-state index in [1.54, 1.807) is 16.7 Å². The summed E-state index contributed by atoms with van der Waals surface area (Å²) in [6.07, 6.45) is 2.46. The number of benzene rings is 2. The first-order valence-electron chi connectivity index (χ1n) is 9.02. The van der Waals surface area contributed by atoms with Crippen LogP contribution in [0.3, 0.4) is 0 Å². The Bertz CT molecular complexity index is 1190. The zero-order valence-electron chi connectivity index (χ0n) is 15.0. The van der Waals surface area contributed by atoms with E-state index in [1.165, 1.54) is 0 Å². The van der Waals surface area contributed by atoms with Crippen molar-refractivity contribution in [3.8, 4) is 0 Å². The molecule has 27 heavy (non-hydrogen) atoms. The van der Waals surface area contributed by atoms with Crippen LogP contribution in [0.4, 0.5) is 0 Å². The van der Waals surface area contributed by atoms with Crippen LogP contribution in [0.25, 0.3) is 21.8 Å². The topological polar surface area (TPSA) is 79.8 Å². The molecule has 6 nitrogen and oxygen atoms in total. The van der Waals surface area contributed by atoms with Crippen molar-refractivity contribution in [3.05, 3.63) is 76.5 Å². The van der Waals surface area contributed by atoms with Gasteiger partial charge in [-0.25, -0.2) is 4.98 Å². The molecule has 0 aliphatic heterocycles. The summed E-state index contributed by atoms with van der Waals surface area (Å²) in [5, 5.41) is 4.39. The number of amides is 1. The van der Waals surface area contributed by atoms with Crippen molar-refractivity contribution in [3.63, 3.8) is 0 Å². The Kier molecular flexibility index (Phi) is 4.46. The highest BCUT2D eigenvalue weighted by Gasteiger charge is 2.12. The van der Waals surface area contributed by atoms with Crippen molar-refractivity contribution in [1.82, 2.24) is 19.9 Å². The number of hydrogen-bond acceptors (Lipinski definition) is 3. The second-order valence-electron chi connectivity index (χ2n) is 6.36. The monoisotopic (exact) mass is 360 g/mol. The number of H-pyrrole nitrogens is 1. The highest BCUT2D eigenvalue weighted by molar-refractivity contribution is 6.06. The molecule has 0 aliphatic carbocycles. The smallest absolute Gasteiger partial charge is 0.261 e. The lowest BCUT2D eigenvalue weighted by Gasteiger charge is -2.13. The van der Waals surface area contributed by atoms with Crippen LogP contribution < -0.4 is 10.9 Å². The van der Waals surface area contributed by atoms with E-state index < -0.39 is 0 Å². The van der Waals surface area contributed by atoms with E-state index in [1.807, 2.05) is 49.5 Å². The fourth-order valence-corrected chi connectivity index (χ4v) is 3.37. The summed E-state index contributed by atoms with van der Waals surface area (Å²) in [4.78, 5) is 33.1. The summed E-state index contributed by atoms with van der Waals surface area (Å²) in [7, 11) is 0. The van der Waals surface area contributed by atoms with Crippen molar-refractivity contribution in [1.29, 1.82) is 0 Å². The third-order valence-corrected chi connectivity index (χ3v) is 4.72. The second-order valence-corrected chi connectivity index (χ2v) is 6.36. The lowest BCUT2D eigenvalue weighted by molar-refractivity contribution is 0.0953. The van der Waals surface area contributed by atoms with Crippen LogP contribution in [0.1, 0.15) is 23.1 Å². The number of fused-ring (bicyclic) bond motifs is 2. The lowest BCUT2D eigenvalue weighted by atomic mass is 10.1. The third kappa shape index (κ3) is 3.10. The number of aromatic nitrogens is 3. The zero-order chi connectivity index (χ0) is 18.8. The van der Waals surface area contributed by atoms with Gasteiger partial charge in [0.25, 0.3) is 11.5 Å². The molecular weight excluding hydrogens is 340 g/mol. The largest absolute Gasteiger partial charge is 0.361 e. The number of nitrogens with one attached hydrogen (secondary N) is 2. The summed E-state index contributed by atoms with van der Waals surface area (Å²) >= 11 is 0. The minimum atomic E-state index is -0.153. The van der Waals surface area contributed by atoms with E-state index in [4.69, 9.17) is 0 Å². The minimum absolute atomic E-state index is 0.0700. The Balaban J connectivity index is 1.55. The molecule has 0 spiro atoms. The summed E-state index contributed by atoms with van der Waals surface area (Å²) in [6, 6.07) is 14.8. The van der Waals surface area contributed by atoms with Gasteiger partial charge in [0.1, 0.15) is 5.82 Å². The van der Waals surface area contributed by atoms with Gasteiger partial charge in [0.2, 0.25) is 0 Å². The molecule has 2 heterocycles. The molecule has 1 amide bonds. The van der Waals surface area contributed by atoms with E-state index >= 15 is 0 Å². The maximum atomic E-state index is 12.8. The molecule has 0 aliphatic rings. The average molecular weight is 360 g/mol. The fraction of sp³-hybridized carbons (Fsp3) is 0.190. The zero-order valence-corrected chi connectivity index (χ0v) is 15.0. The highest BCUT2D eigenvalue weighted by atomic mass is 16.1. The van der Waals surface area contributed by atoms with E-state index in [9.17, 15) is 9.59 Å². The second kappa shape index (κ2) is 7.07. The van der Waals surface area contributed by atoms with Crippen LogP contribution in [0.5, 0.6) is 0 Å². The molecule has 6 heteroatoms. The lowest BCUT2D eigenvalue weighted by Crippen LogP contribution is -2.33. The number of carbonyl (C=O) groups is 1.